The highest BCUT2D eigenvalue weighted by Crippen LogP contribution is 2.16. The number of halogens is 1. The predicted molar refractivity (Wildman–Crippen MR) is 54.0 cm³/mol. The summed E-state index contributed by atoms with van der Waals surface area (Å²) in [5.74, 6) is -0.480. The topological polar surface area (TPSA) is 56.6 Å². The van der Waals surface area contributed by atoms with Crippen LogP contribution in [0, 0.1) is 24.1 Å². The average molecular weight is 202 g/mol. The van der Waals surface area contributed by atoms with Gasteiger partial charge in [0.2, 0.25) is 0 Å². The number of pyridine rings is 1. The molecular weight excluding hydrogens is 195 g/mol. The normalized spacial score (nSPS) is 10.2. The largest absolute Gasteiger partial charge is 0.318 e. The van der Waals surface area contributed by atoms with E-state index in [-0.39, 0.29) is 11.1 Å². The van der Waals surface area contributed by atoms with Crippen LogP contribution in [0.15, 0.2) is 23.0 Å². The quantitative estimate of drug-likeness (QED) is 0.708. The van der Waals surface area contributed by atoms with Crippen LogP contribution >= 0.6 is 0 Å². The molecular formula is C11H7FN2O. The minimum atomic E-state index is -0.562. The minimum absolute atomic E-state index is 0.00694. The molecule has 1 aromatic carbocycles. The molecule has 0 saturated carbocycles. The maximum atomic E-state index is 13.4. The van der Waals surface area contributed by atoms with Gasteiger partial charge in [0.05, 0.1) is 5.52 Å². The number of aromatic amines is 1. The molecule has 4 heteroatoms. The number of hydrogen-bond acceptors (Lipinski definition) is 2. The van der Waals surface area contributed by atoms with Gasteiger partial charge in [-0.2, -0.15) is 5.26 Å². The lowest BCUT2D eigenvalue weighted by Crippen LogP contribution is -2.10. The van der Waals surface area contributed by atoms with Gasteiger partial charge in [0, 0.05) is 5.39 Å². The molecule has 0 unspecified atom stereocenters. The van der Waals surface area contributed by atoms with Crippen LogP contribution < -0.4 is 5.56 Å². The van der Waals surface area contributed by atoms with Crippen LogP contribution in [0.1, 0.15) is 11.1 Å². The monoisotopic (exact) mass is 202 g/mol. The summed E-state index contributed by atoms with van der Waals surface area (Å²) in [7, 11) is 0. The van der Waals surface area contributed by atoms with Crippen molar-refractivity contribution in [2.24, 2.45) is 0 Å². The Balaban J connectivity index is 2.95. The molecule has 0 bridgehead atoms. The molecule has 15 heavy (non-hydrogen) atoms. The van der Waals surface area contributed by atoms with Crippen molar-refractivity contribution in [3.05, 3.63) is 45.5 Å². The molecule has 0 spiro atoms. The van der Waals surface area contributed by atoms with Crippen LogP contribution in [0.5, 0.6) is 0 Å². The Morgan fingerprint density at radius 3 is 2.80 bits per heavy atom. The number of nitriles is 1. The zero-order valence-electron chi connectivity index (χ0n) is 7.97. The molecule has 0 atom stereocenters. The standard InChI is InChI=1S/C11H7FN2O/c1-6-2-7-4-8(5-13)11(15)14-10(7)9(12)3-6/h2-4H,1H3,(H,14,15). The number of H-pyrrole nitrogens is 1. The van der Waals surface area contributed by atoms with Crippen LogP contribution in [0.2, 0.25) is 0 Å². The van der Waals surface area contributed by atoms with Crippen molar-refractivity contribution in [3.8, 4) is 6.07 Å². The molecule has 0 fully saturated rings. The number of nitrogens with one attached hydrogen (secondary N) is 1. The lowest BCUT2D eigenvalue weighted by Gasteiger charge is -2.01. The zero-order chi connectivity index (χ0) is 11.0. The second-order valence-corrected chi connectivity index (χ2v) is 3.33. The van der Waals surface area contributed by atoms with Crippen molar-refractivity contribution in [2.75, 3.05) is 0 Å². The first-order valence-corrected chi connectivity index (χ1v) is 4.35. The summed E-state index contributed by atoms with van der Waals surface area (Å²) in [6.45, 7) is 1.75. The fourth-order valence-corrected chi connectivity index (χ4v) is 1.50. The van der Waals surface area contributed by atoms with Gasteiger partial charge in [0.25, 0.3) is 5.56 Å². The second-order valence-electron chi connectivity index (χ2n) is 3.33. The van der Waals surface area contributed by atoms with E-state index in [2.05, 4.69) is 4.98 Å². The molecule has 1 aromatic heterocycles. The van der Waals surface area contributed by atoms with E-state index in [0.29, 0.717) is 5.39 Å². The van der Waals surface area contributed by atoms with Crippen LogP contribution in [0.25, 0.3) is 10.9 Å². The third-order valence-corrected chi connectivity index (χ3v) is 2.17. The smallest absolute Gasteiger partial charge is 0.266 e. The van der Waals surface area contributed by atoms with E-state index in [1.54, 1.807) is 19.1 Å². The summed E-state index contributed by atoms with van der Waals surface area (Å²) in [6, 6.07) is 6.21. The Kier molecular flexibility index (Phi) is 2.01. The van der Waals surface area contributed by atoms with Crippen LogP contribution in [-0.4, -0.2) is 4.98 Å². The molecule has 0 aliphatic carbocycles. The number of benzene rings is 1. The van der Waals surface area contributed by atoms with Crippen molar-refractivity contribution in [3.63, 3.8) is 0 Å². The number of fused-ring (bicyclic) bond motifs is 1. The molecule has 1 heterocycles. The third-order valence-electron chi connectivity index (χ3n) is 2.17. The first kappa shape index (κ1) is 9.41. The van der Waals surface area contributed by atoms with Gasteiger partial charge >= 0.3 is 0 Å². The van der Waals surface area contributed by atoms with Gasteiger partial charge in [-0.1, -0.05) is 0 Å². The van der Waals surface area contributed by atoms with Crippen LogP contribution in [0.3, 0.4) is 0 Å². The first-order valence-electron chi connectivity index (χ1n) is 4.35. The number of nitrogens with zero attached hydrogens (tertiary/aromatic N) is 1. The van der Waals surface area contributed by atoms with Crippen molar-refractivity contribution in [2.45, 2.75) is 6.92 Å². The number of aryl methyl sites for hydroxylation is 1. The molecule has 1 N–H and O–H groups in total. The van der Waals surface area contributed by atoms with E-state index >= 15 is 0 Å². The molecule has 2 rings (SSSR count). The Bertz CT molecular complexity index is 637. The highest BCUT2D eigenvalue weighted by Gasteiger charge is 2.06. The van der Waals surface area contributed by atoms with Gasteiger partial charge < -0.3 is 4.98 Å². The lowest BCUT2D eigenvalue weighted by molar-refractivity contribution is 0.635. The van der Waals surface area contributed by atoms with Gasteiger partial charge in [-0.3, -0.25) is 4.79 Å². The molecule has 3 nitrogen and oxygen atoms in total. The van der Waals surface area contributed by atoms with Crippen LogP contribution in [-0.2, 0) is 0 Å². The van der Waals surface area contributed by atoms with E-state index in [1.165, 1.54) is 12.1 Å². The number of aromatic nitrogens is 1. The highest BCUT2D eigenvalue weighted by atomic mass is 19.1. The Morgan fingerprint density at radius 1 is 1.40 bits per heavy atom. The van der Waals surface area contributed by atoms with Crippen LogP contribution in [0.4, 0.5) is 4.39 Å². The Labute approximate surface area is 84.8 Å². The zero-order valence-corrected chi connectivity index (χ0v) is 7.97. The highest BCUT2D eigenvalue weighted by molar-refractivity contribution is 5.80. The summed E-state index contributed by atoms with van der Waals surface area (Å²) >= 11 is 0. The number of rotatable bonds is 0. The molecule has 2 aromatic rings. The SMILES string of the molecule is Cc1cc(F)c2[nH]c(=O)c(C#N)cc2c1. The van der Waals surface area contributed by atoms with E-state index in [4.69, 9.17) is 5.26 Å². The fourth-order valence-electron chi connectivity index (χ4n) is 1.50. The Morgan fingerprint density at radius 2 is 2.13 bits per heavy atom. The predicted octanol–water partition coefficient (Wildman–Crippen LogP) is 1.85. The number of hydrogen-bond donors (Lipinski definition) is 1. The van der Waals surface area contributed by atoms with Gasteiger partial charge in [-0.25, -0.2) is 4.39 Å². The van der Waals surface area contributed by atoms with Crippen molar-refractivity contribution in [1.82, 2.24) is 4.98 Å². The maximum absolute atomic E-state index is 13.4. The van der Waals surface area contributed by atoms with Gasteiger partial charge in [-0.05, 0) is 30.7 Å². The van der Waals surface area contributed by atoms with E-state index in [0.717, 1.165) is 5.56 Å². The molecule has 0 saturated heterocycles. The second kappa shape index (κ2) is 3.21. The van der Waals surface area contributed by atoms with E-state index in [9.17, 15) is 9.18 Å². The van der Waals surface area contributed by atoms with Gasteiger partial charge in [0.15, 0.2) is 0 Å². The van der Waals surface area contributed by atoms with Gasteiger partial charge in [-0.15, -0.1) is 0 Å². The molecule has 74 valence electrons. The average Bonchev–Trinajstić information content (AvgIpc) is 2.18. The summed E-state index contributed by atoms with van der Waals surface area (Å²) < 4.78 is 13.4. The summed E-state index contributed by atoms with van der Waals surface area (Å²) in [5, 5.41) is 9.18. The molecule has 0 aliphatic heterocycles. The lowest BCUT2D eigenvalue weighted by atomic mass is 10.1. The third kappa shape index (κ3) is 1.48. The fraction of sp³-hybridized carbons (Fsp3) is 0.0909. The molecule has 0 aliphatic rings. The van der Waals surface area contributed by atoms with Crippen molar-refractivity contribution >= 4 is 10.9 Å². The first-order chi connectivity index (χ1) is 7.11. The molecule has 0 radical (unpaired) electrons. The Hall–Kier alpha value is -2.15. The van der Waals surface area contributed by atoms with E-state index in [1.807, 2.05) is 0 Å². The summed E-state index contributed by atoms with van der Waals surface area (Å²) in [5.41, 5.74) is 0.320. The maximum Gasteiger partial charge on any atom is 0.266 e. The summed E-state index contributed by atoms with van der Waals surface area (Å²) in [6.07, 6.45) is 0. The van der Waals surface area contributed by atoms with Crippen molar-refractivity contribution in [1.29, 1.82) is 5.26 Å². The van der Waals surface area contributed by atoms with Crippen molar-refractivity contribution < 1.29 is 4.39 Å². The minimum Gasteiger partial charge on any atom is -0.318 e. The summed E-state index contributed by atoms with van der Waals surface area (Å²) in [4.78, 5) is 13.6. The van der Waals surface area contributed by atoms with Gasteiger partial charge in [0.1, 0.15) is 17.4 Å². The molecule has 0 amide bonds. The van der Waals surface area contributed by atoms with E-state index < -0.39 is 11.4 Å².